The van der Waals surface area contributed by atoms with E-state index in [1.54, 1.807) is 0 Å². The Morgan fingerprint density at radius 3 is 1.67 bits per heavy atom. The quantitative estimate of drug-likeness (QED) is 0.785. The molecule has 0 amide bonds. The van der Waals surface area contributed by atoms with Crippen LogP contribution in [-0.4, -0.2) is 43.8 Å². The van der Waals surface area contributed by atoms with Crippen molar-refractivity contribution >= 4 is 0 Å². The third-order valence-corrected chi connectivity index (χ3v) is 3.96. The highest BCUT2D eigenvalue weighted by Crippen LogP contribution is 2.27. The van der Waals surface area contributed by atoms with Crippen LogP contribution < -0.4 is 5.32 Å². The van der Waals surface area contributed by atoms with Gasteiger partial charge in [-0.2, -0.15) is 13.2 Å². The van der Waals surface area contributed by atoms with Gasteiger partial charge in [-0.1, -0.05) is 39.5 Å². The van der Waals surface area contributed by atoms with Gasteiger partial charge in [0.05, 0.1) is 6.54 Å². The minimum absolute atomic E-state index is 0.0293. The molecule has 0 aromatic heterocycles. The molecule has 0 radical (unpaired) electrons. The van der Waals surface area contributed by atoms with Crippen molar-refractivity contribution in [3.05, 3.63) is 0 Å². The molecule has 2 nitrogen and oxygen atoms in total. The van der Waals surface area contributed by atoms with Gasteiger partial charge in [-0.25, -0.2) is 0 Å². The Hall–Kier alpha value is -0.730. The molecule has 2 rings (SSSR count). The highest BCUT2D eigenvalue weighted by Gasteiger charge is 2.31. The molecule has 0 spiro atoms. The number of hydrogen-bond donors (Lipinski definition) is 1. The lowest BCUT2D eigenvalue weighted by Crippen LogP contribution is -2.57. The number of likely N-dealkylation sites (N-methyl/N-ethyl adjacent to an activating group) is 1. The molecule has 1 aliphatic carbocycles. The topological polar surface area (TPSA) is 15.3 Å². The monoisotopic (exact) mass is 306 g/mol. The molecule has 1 saturated heterocycles. The first-order valence-corrected chi connectivity index (χ1v) is 7.58. The van der Waals surface area contributed by atoms with Gasteiger partial charge in [0.15, 0.2) is 0 Å². The van der Waals surface area contributed by atoms with Gasteiger partial charge in [0.2, 0.25) is 0 Å². The van der Waals surface area contributed by atoms with Crippen molar-refractivity contribution in [1.29, 1.82) is 0 Å². The molecule has 1 saturated carbocycles. The summed E-state index contributed by atoms with van der Waals surface area (Å²) in [7, 11) is 1.88. The molecule has 5 heteroatoms. The molecule has 0 bridgehead atoms. The molecular formula is C16H29F3N2. The Bertz CT molecular complexity index is 265. The molecule has 0 atom stereocenters. The summed E-state index contributed by atoms with van der Waals surface area (Å²) in [6.07, 6.45) is 9.82. The number of rotatable bonds is 2. The van der Waals surface area contributed by atoms with Crippen LogP contribution in [0.4, 0.5) is 13.2 Å². The molecule has 1 aliphatic heterocycles. The fraction of sp³-hybridized carbons (Fsp3) is 0.875. The Morgan fingerprint density at radius 2 is 1.38 bits per heavy atom. The van der Waals surface area contributed by atoms with E-state index in [1.165, 1.54) is 25.7 Å². The fourth-order valence-electron chi connectivity index (χ4n) is 2.51. The lowest BCUT2D eigenvalue weighted by Gasteiger charge is -2.36. The van der Waals surface area contributed by atoms with Gasteiger partial charge in [0.1, 0.15) is 0 Å². The number of nitrogens with zero attached hydrogens (tertiary/aromatic N) is 1. The molecule has 124 valence electrons. The molecule has 21 heavy (non-hydrogen) atoms. The van der Waals surface area contributed by atoms with Crippen LogP contribution in [0.2, 0.25) is 0 Å². The average Bonchev–Trinajstić information content (AvgIpc) is 2.39. The number of hydrogen-bond acceptors (Lipinski definition) is 2. The minimum Gasteiger partial charge on any atom is -0.303 e. The molecule has 2 fully saturated rings. The average molecular weight is 306 g/mol. The highest BCUT2D eigenvalue weighted by molar-refractivity contribution is 4.83. The fourth-order valence-corrected chi connectivity index (χ4v) is 2.51. The van der Waals surface area contributed by atoms with E-state index in [2.05, 4.69) is 32.0 Å². The Balaban J connectivity index is 0.000000354. The predicted molar refractivity (Wildman–Crippen MR) is 82.0 cm³/mol. The van der Waals surface area contributed by atoms with E-state index < -0.39 is 12.7 Å². The normalized spacial score (nSPS) is 26.7. The first-order valence-electron chi connectivity index (χ1n) is 7.58. The summed E-state index contributed by atoms with van der Waals surface area (Å²) < 4.78 is 34.8. The zero-order valence-corrected chi connectivity index (χ0v) is 13.4. The zero-order chi connectivity index (χ0) is 16.5. The van der Waals surface area contributed by atoms with Gasteiger partial charge in [-0.3, -0.25) is 0 Å². The number of halogens is 3. The second kappa shape index (κ2) is 10.1. The Labute approximate surface area is 127 Å². The summed E-state index contributed by atoms with van der Waals surface area (Å²) in [6, 6.07) is 0.0293. The van der Waals surface area contributed by atoms with Crippen molar-refractivity contribution in [2.24, 2.45) is 11.8 Å². The van der Waals surface area contributed by atoms with Crippen molar-refractivity contribution in [3.63, 3.8) is 0 Å². The second-order valence-corrected chi connectivity index (χ2v) is 6.28. The number of nitrogens with one attached hydrogen (secondary N) is 1. The van der Waals surface area contributed by atoms with Crippen LogP contribution in [0.15, 0.2) is 0 Å². The van der Waals surface area contributed by atoms with E-state index in [1.807, 2.05) is 11.9 Å². The first-order chi connectivity index (χ1) is 9.76. The van der Waals surface area contributed by atoms with E-state index >= 15 is 0 Å². The molecule has 0 unspecified atom stereocenters. The molecule has 0 aromatic rings. The van der Waals surface area contributed by atoms with E-state index in [0.29, 0.717) is 0 Å². The van der Waals surface area contributed by atoms with Crippen LogP contribution in [0.1, 0.15) is 39.5 Å². The van der Waals surface area contributed by atoms with E-state index in [-0.39, 0.29) is 6.04 Å². The predicted octanol–water partition coefficient (Wildman–Crippen LogP) is 3.53. The number of terminal acetylenes is 1. The SMILES string of the molecule is C#C.CC1CCC(C)CC1.CN1CC(NCC(F)(F)F)C1. The van der Waals surface area contributed by atoms with E-state index in [9.17, 15) is 13.2 Å². The van der Waals surface area contributed by atoms with Gasteiger partial charge in [-0.15, -0.1) is 12.8 Å². The van der Waals surface area contributed by atoms with Crippen LogP contribution in [0.5, 0.6) is 0 Å². The van der Waals surface area contributed by atoms with Gasteiger partial charge in [0.25, 0.3) is 0 Å². The third kappa shape index (κ3) is 10.6. The lowest BCUT2D eigenvalue weighted by atomic mass is 9.84. The van der Waals surface area contributed by atoms with Crippen molar-refractivity contribution in [2.45, 2.75) is 51.7 Å². The molecule has 1 N–H and O–H groups in total. The maximum atomic E-state index is 11.6. The molecule has 1 heterocycles. The lowest BCUT2D eigenvalue weighted by molar-refractivity contribution is -0.128. The van der Waals surface area contributed by atoms with Crippen LogP contribution in [0, 0.1) is 24.7 Å². The summed E-state index contributed by atoms with van der Waals surface area (Å²) in [5.74, 6) is 2.04. The number of alkyl halides is 3. The Morgan fingerprint density at radius 1 is 1.00 bits per heavy atom. The number of likely N-dealkylation sites (tertiary alicyclic amines) is 1. The van der Waals surface area contributed by atoms with Gasteiger partial charge < -0.3 is 10.2 Å². The highest BCUT2D eigenvalue weighted by atomic mass is 19.4. The largest absolute Gasteiger partial charge is 0.401 e. The second-order valence-electron chi connectivity index (χ2n) is 6.28. The van der Waals surface area contributed by atoms with Gasteiger partial charge >= 0.3 is 6.18 Å². The summed E-state index contributed by atoms with van der Waals surface area (Å²) in [5, 5.41) is 2.42. The smallest absolute Gasteiger partial charge is 0.303 e. The standard InChI is InChI=1S/C8H16.C6H11F3N2.C2H2/c1-7-3-5-8(2)6-4-7;1-11-2-5(3-11)10-4-6(7,8)9;1-2/h7-8H,3-6H2,1-2H3;5,10H,2-4H2,1H3;1-2H. The van der Waals surface area contributed by atoms with E-state index in [0.717, 1.165) is 24.9 Å². The maximum absolute atomic E-state index is 11.6. The van der Waals surface area contributed by atoms with Gasteiger partial charge in [0, 0.05) is 19.1 Å². The molecule has 2 aliphatic rings. The summed E-state index contributed by atoms with van der Waals surface area (Å²) in [4.78, 5) is 1.97. The molecular weight excluding hydrogens is 277 g/mol. The van der Waals surface area contributed by atoms with Crippen molar-refractivity contribution in [1.82, 2.24) is 10.2 Å². The van der Waals surface area contributed by atoms with Crippen LogP contribution in [0.3, 0.4) is 0 Å². The Kier molecular flexibility index (Phi) is 9.72. The van der Waals surface area contributed by atoms with Crippen LogP contribution in [-0.2, 0) is 0 Å². The van der Waals surface area contributed by atoms with E-state index in [4.69, 9.17) is 0 Å². The summed E-state index contributed by atoms with van der Waals surface area (Å²) in [5.41, 5.74) is 0. The minimum atomic E-state index is -4.08. The third-order valence-electron chi connectivity index (χ3n) is 3.96. The summed E-state index contributed by atoms with van der Waals surface area (Å²) in [6.45, 7) is 5.30. The molecule has 0 aromatic carbocycles. The first kappa shape index (κ1) is 20.3. The van der Waals surface area contributed by atoms with Gasteiger partial charge in [-0.05, 0) is 18.9 Å². The van der Waals surface area contributed by atoms with Crippen molar-refractivity contribution in [2.75, 3.05) is 26.7 Å². The summed E-state index contributed by atoms with van der Waals surface area (Å²) >= 11 is 0. The van der Waals surface area contributed by atoms with Crippen molar-refractivity contribution < 1.29 is 13.2 Å². The zero-order valence-electron chi connectivity index (χ0n) is 13.4. The van der Waals surface area contributed by atoms with Crippen LogP contribution >= 0.6 is 0 Å². The maximum Gasteiger partial charge on any atom is 0.401 e. The van der Waals surface area contributed by atoms with Crippen LogP contribution in [0.25, 0.3) is 0 Å². The van der Waals surface area contributed by atoms with Crippen molar-refractivity contribution in [3.8, 4) is 12.8 Å².